The Balaban J connectivity index is 1.90. The summed E-state index contributed by atoms with van der Waals surface area (Å²) >= 11 is 11.5. The predicted octanol–water partition coefficient (Wildman–Crippen LogP) is 5.17. The van der Waals surface area contributed by atoms with Crippen molar-refractivity contribution in [2.45, 2.75) is 25.6 Å². The Morgan fingerprint density at radius 1 is 1.17 bits per heavy atom. The number of hydrogen-bond acceptors (Lipinski definition) is 4. The van der Waals surface area contributed by atoms with Crippen LogP contribution >= 0.6 is 23.2 Å². The highest BCUT2D eigenvalue weighted by Gasteiger charge is 2.36. The highest BCUT2D eigenvalue weighted by Crippen LogP contribution is 2.34. The summed E-state index contributed by atoms with van der Waals surface area (Å²) in [7, 11) is 0. The van der Waals surface area contributed by atoms with Gasteiger partial charge in [0, 0.05) is 22.9 Å². The summed E-state index contributed by atoms with van der Waals surface area (Å²) in [6.07, 6.45) is -4.07. The molecule has 1 amide bonds. The lowest BCUT2D eigenvalue weighted by atomic mass is 10.1. The average molecular weight is 459 g/mol. The summed E-state index contributed by atoms with van der Waals surface area (Å²) in [5.41, 5.74) is 0.0326. The standard InChI is InChI=1S/C20H15Cl2F3N2O3/c21-8-2-5-17(28)30-26-18-15-10-14(22)6-7-16(15)27(19(18)29)11-12-3-1-4-13(9-12)20(23,24)25/h1,3-4,6-7,9-10H,2,5,8,11H2. The number of oxime groups is 1. The number of rotatable bonds is 6. The maximum absolute atomic E-state index is 13.0. The zero-order valence-electron chi connectivity index (χ0n) is 15.4. The molecule has 0 radical (unpaired) electrons. The second-order valence-electron chi connectivity index (χ2n) is 6.45. The number of alkyl halides is 4. The van der Waals surface area contributed by atoms with Gasteiger partial charge >= 0.3 is 12.1 Å². The number of benzene rings is 2. The van der Waals surface area contributed by atoms with Gasteiger partial charge in [-0.05, 0) is 42.3 Å². The number of carbonyl (C=O) groups excluding carboxylic acids is 2. The summed E-state index contributed by atoms with van der Waals surface area (Å²) < 4.78 is 39.0. The number of carbonyl (C=O) groups is 2. The van der Waals surface area contributed by atoms with Crippen LogP contribution in [0.4, 0.5) is 18.9 Å². The molecule has 0 bridgehead atoms. The quantitative estimate of drug-likeness (QED) is 0.340. The van der Waals surface area contributed by atoms with Crippen molar-refractivity contribution in [2.75, 3.05) is 10.8 Å². The minimum atomic E-state index is -4.50. The lowest BCUT2D eigenvalue weighted by Gasteiger charge is -2.18. The van der Waals surface area contributed by atoms with Crippen molar-refractivity contribution in [2.24, 2.45) is 5.16 Å². The Morgan fingerprint density at radius 2 is 1.93 bits per heavy atom. The Labute approximate surface area is 180 Å². The molecule has 0 fully saturated rings. The first kappa shape index (κ1) is 22.1. The Morgan fingerprint density at radius 3 is 2.63 bits per heavy atom. The van der Waals surface area contributed by atoms with Crippen LogP contribution in [-0.2, 0) is 27.1 Å². The van der Waals surface area contributed by atoms with Gasteiger partial charge in [0.05, 0.1) is 17.8 Å². The highest BCUT2D eigenvalue weighted by molar-refractivity contribution is 6.54. The van der Waals surface area contributed by atoms with Crippen LogP contribution in [0, 0.1) is 0 Å². The first-order valence-electron chi connectivity index (χ1n) is 8.82. The van der Waals surface area contributed by atoms with E-state index in [1.54, 1.807) is 12.1 Å². The van der Waals surface area contributed by atoms with E-state index in [1.807, 2.05) is 0 Å². The van der Waals surface area contributed by atoms with Gasteiger partial charge in [-0.3, -0.25) is 4.79 Å². The molecular weight excluding hydrogens is 444 g/mol. The van der Waals surface area contributed by atoms with Crippen molar-refractivity contribution in [1.29, 1.82) is 0 Å². The van der Waals surface area contributed by atoms with E-state index in [2.05, 4.69) is 5.16 Å². The van der Waals surface area contributed by atoms with E-state index in [4.69, 9.17) is 28.0 Å². The van der Waals surface area contributed by atoms with Gasteiger partial charge in [0.1, 0.15) is 0 Å². The molecule has 0 N–H and O–H groups in total. The molecule has 2 aromatic carbocycles. The van der Waals surface area contributed by atoms with Crippen molar-refractivity contribution < 1.29 is 27.6 Å². The summed E-state index contributed by atoms with van der Waals surface area (Å²) in [5, 5.41) is 4.01. The van der Waals surface area contributed by atoms with Crippen molar-refractivity contribution in [1.82, 2.24) is 0 Å². The van der Waals surface area contributed by atoms with Crippen LogP contribution in [0.1, 0.15) is 29.5 Å². The molecule has 0 saturated heterocycles. The Kier molecular flexibility index (Phi) is 6.67. The molecule has 158 valence electrons. The van der Waals surface area contributed by atoms with Gasteiger partial charge in [0.25, 0.3) is 5.91 Å². The molecule has 1 heterocycles. The third-order valence-electron chi connectivity index (χ3n) is 4.30. The Hall–Kier alpha value is -2.58. The molecule has 1 aliphatic heterocycles. The van der Waals surface area contributed by atoms with Gasteiger partial charge < -0.3 is 9.74 Å². The van der Waals surface area contributed by atoms with E-state index in [1.165, 1.54) is 23.1 Å². The number of nitrogens with zero attached hydrogens (tertiary/aromatic N) is 2. The highest BCUT2D eigenvalue weighted by atomic mass is 35.5. The topological polar surface area (TPSA) is 59.0 Å². The molecule has 0 atom stereocenters. The van der Waals surface area contributed by atoms with Crippen molar-refractivity contribution in [3.05, 3.63) is 64.2 Å². The van der Waals surface area contributed by atoms with E-state index in [0.717, 1.165) is 12.1 Å². The fraction of sp³-hybridized carbons (Fsp3) is 0.250. The Bertz CT molecular complexity index is 1010. The van der Waals surface area contributed by atoms with Crippen LogP contribution in [-0.4, -0.2) is 23.5 Å². The van der Waals surface area contributed by atoms with Crippen LogP contribution in [0.25, 0.3) is 0 Å². The van der Waals surface area contributed by atoms with Gasteiger partial charge in [-0.1, -0.05) is 28.9 Å². The fourth-order valence-electron chi connectivity index (χ4n) is 2.91. The van der Waals surface area contributed by atoms with Crippen LogP contribution in [0.15, 0.2) is 47.6 Å². The van der Waals surface area contributed by atoms with E-state index in [9.17, 15) is 22.8 Å². The number of fused-ring (bicyclic) bond motifs is 1. The molecule has 1 aliphatic rings. The van der Waals surface area contributed by atoms with Crippen LogP contribution < -0.4 is 4.90 Å². The minimum Gasteiger partial charge on any atom is -0.317 e. The molecule has 0 saturated carbocycles. The smallest absolute Gasteiger partial charge is 0.317 e. The van der Waals surface area contributed by atoms with Crippen LogP contribution in [0.3, 0.4) is 0 Å². The lowest BCUT2D eigenvalue weighted by molar-refractivity contribution is -0.143. The number of halogens is 5. The predicted molar refractivity (Wildman–Crippen MR) is 107 cm³/mol. The largest absolute Gasteiger partial charge is 0.416 e. The van der Waals surface area contributed by atoms with Gasteiger partial charge in [0.2, 0.25) is 0 Å². The molecule has 3 rings (SSSR count). The zero-order chi connectivity index (χ0) is 21.9. The molecule has 0 aliphatic carbocycles. The molecule has 0 spiro atoms. The molecule has 0 aromatic heterocycles. The molecule has 0 unspecified atom stereocenters. The van der Waals surface area contributed by atoms with Gasteiger partial charge in [-0.15, -0.1) is 11.6 Å². The summed E-state index contributed by atoms with van der Waals surface area (Å²) in [6, 6.07) is 9.27. The van der Waals surface area contributed by atoms with E-state index in [0.29, 0.717) is 22.7 Å². The molecule has 30 heavy (non-hydrogen) atoms. The summed E-state index contributed by atoms with van der Waals surface area (Å²) in [4.78, 5) is 30.7. The van der Waals surface area contributed by atoms with Gasteiger partial charge in [0.15, 0.2) is 5.71 Å². The summed E-state index contributed by atoms with van der Waals surface area (Å²) in [5.74, 6) is -1.00. The summed E-state index contributed by atoms with van der Waals surface area (Å²) in [6.45, 7) is -0.128. The average Bonchev–Trinajstić information content (AvgIpc) is 2.95. The van der Waals surface area contributed by atoms with E-state index < -0.39 is 23.6 Å². The maximum Gasteiger partial charge on any atom is 0.416 e. The monoisotopic (exact) mass is 458 g/mol. The molecule has 10 heteroatoms. The minimum absolute atomic E-state index is 0.0326. The van der Waals surface area contributed by atoms with Crippen molar-refractivity contribution in [3.8, 4) is 0 Å². The SMILES string of the molecule is O=C(CCCCl)ON=C1C(=O)N(Cc2cccc(C(F)(F)F)c2)c2ccc(Cl)cc21. The van der Waals surface area contributed by atoms with Crippen LogP contribution in [0.5, 0.6) is 0 Å². The fourth-order valence-corrected chi connectivity index (χ4v) is 3.22. The third kappa shape index (κ3) is 4.94. The van der Waals surface area contributed by atoms with E-state index in [-0.39, 0.29) is 30.1 Å². The maximum atomic E-state index is 13.0. The first-order valence-corrected chi connectivity index (χ1v) is 9.73. The second kappa shape index (κ2) is 9.06. The number of anilines is 1. The lowest BCUT2D eigenvalue weighted by Crippen LogP contribution is -2.30. The van der Waals surface area contributed by atoms with Gasteiger partial charge in [-0.25, -0.2) is 4.79 Å². The van der Waals surface area contributed by atoms with E-state index >= 15 is 0 Å². The first-order chi connectivity index (χ1) is 14.2. The number of amides is 1. The molecular formula is C20H15Cl2F3N2O3. The van der Waals surface area contributed by atoms with Crippen molar-refractivity contribution in [3.63, 3.8) is 0 Å². The number of hydrogen-bond donors (Lipinski definition) is 0. The second-order valence-corrected chi connectivity index (χ2v) is 7.26. The third-order valence-corrected chi connectivity index (χ3v) is 4.80. The van der Waals surface area contributed by atoms with Gasteiger partial charge in [-0.2, -0.15) is 13.2 Å². The molecule has 2 aromatic rings. The molecule has 5 nitrogen and oxygen atoms in total. The normalized spacial score (nSPS) is 14.9. The van der Waals surface area contributed by atoms with Crippen LogP contribution in [0.2, 0.25) is 5.02 Å². The zero-order valence-corrected chi connectivity index (χ0v) is 16.9. The van der Waals surface area contributed by atoms with Crippen molar-refractivity contribution >= 4 is 46.5 Å².